The molecule has 1 atom stereocenters. The summed E-state index contributed by atoms with van der Waals surface area (Å²) in [5.41, 5.74) is 1.24. The Bertz CT molecular complexity index is 424. The molecule has 4 heteroatoms. The van der Waals surface area contributed by atoms with Crippen molar-refractivity contribution < 1.29 is 9.84 Å². The number of rotatable bonds is 6. The molecule has 0 aromatic heterocycles. The van der Waals surface area contributed by atoms with Crippen LogP contribution in [0.1, 0.15) is 25.8 Å². The maximum Gasteiger partial charge on any atom is 0.121 e. The Labute approximate surface area is 108 Å². The van der Waals surface area contributed by atoms with Crippen LogP contribution in [0.2, 0.25) is 0 Å². The number of methoxy groups -OCH3 is 1. The summed E-state index contributed by atoms with van der Waals surface area (Å²) in [6.07, 6.45) is 0.321. The van der Waals surface area contributed by atoms with Crippen molar-refractivity contribution in [3.8, 4) is 11.8 Å². The van der Waals surface area contributed by atoms with Gasteiger partial charge < -0.3 is 15.2 Å². The van der Waals surface area contributed by atoms with E-state index in [4.69, 9.17) is 10.00 Å². The number of nitriles is 1. The number of aliphatic hydroxyl groups is 1. The van der Waals surface area contributed by atoms with E-state index < -0.39 is 6.10 Å². The van der Waals surface area contributed by atoms with Gasteiger partial charge in [0.05, 0.1) is 24.5 Å². The second-order valence-electron chi connectivity index (χ2n) is 4.69. The molecule has 1 aromatic rings. The van der Waals surface area contributed by atoms with E-state index in [9.17, 15) is 5.11 Å². The van der Waals surface area contributed by atoms with Gasteiger partial charge in [0.1, 0.15) is 11.8 Å². The molecule has 0 amide bonds. The molecule has 18 heavy (non-hydrogen) atoms. The fourth-order valence-electron chi connectivity index (χ4n) is 1.75. The average molecular weight is 248 g/mol. The third-order valence-electron chi connectivity index (χ3n) is 2.62. The largest absolute Gasteiger partial charge is 0.497 e. The van der Waals surface area contributed by atoms with E-state index in [1.807, 2.05) is 0 Å². The van der Waals surface area contributed by atoms with E-state index in [0.29, 0.717) is 29.5 Å². The van der Waals surface area contributed by atoms with Crippen molar-refractivity contribution in [3.05, 3.63) is 23.8 Å². The quantitative estimate of drug-likeness (QED) is 0.811. The standard InChI is InChI=1S/C14H20N2O2/c1-10(2)6-12(17)9-16-14-7-13(18-3)5-4-11(14)8-15/h4-5,7,10,12,16-17H,6,9H2,1-3H3. The number of hydrogen-bond acceptors (Lipinski definition) is 4. The zero-order valence-electron chi connectivity index (χ0n) is 11.1. The summed E-state index contributed by atoms with van der Waals surface area (Å²) < 4.78 is 5.11. The van der Waals surface area contributed by atoms with Crippen molar-refractivity contribution in [2.24, 2.45) is 5.92 Å². The van der Waals surface area contributed by atoms with Crippen LogP contribution >= 0.6 is 0 Å². The highest BCUT2D eigenvalue weighted by Gasteiger charge is 2.09. The summed E-state index contributed by atoms with van der Waals surface area (Å²) in [6, 6.07) is 7.32. The second-order valence-corrected chi connectivity index (χ2v) is 4.69. The van der Waals surface area contributed by atoms with Crippen LogP contribution in [0.5, 0.6) is 5.75 Å². The number of anilines is 1. The summed E-state index contributed by atoms with van der Waals surface area (Å²) in [5.74, 6) is 1.14. The van der Waals surface area contributed by atoms with Gasteiger partial charge in [0, 0.05) is 12.6 Å². The fraction of sp³-hybridized carbons (Fsp3) is 0.500. The normalized spacial score (nSPS) is 12.0. The lowest BCUT2D eigenvalue weighted by atomic mass is 10.1. The molecule has 0 bridgehead atoms. The van der Waals surface area contributed by atoms with Crippen molar-refractivity contribution >= 4 is 5.69 Å². The average Bonchev–Trinajstić information content (AvgIpc) is 2.35. The molecule has 0 radical (unpaired) electrons. The van der Waals surface area contributed by atoms with Crippen LogP contribution in [0.4, 0.5) is 5.69 Å². The highest BCUT2D eigenvalue weighted by Crippen LogP contribution is 2.22. The number of aliphatic hydroxyl groups excluding tert-OH is 1. The molecule has 1 aromatic carbocycles. The zero-order chi connectivity index (χ0) is 13.5. The molecule has 1 unspecified atom stereocenters. The minimum Gasteiger partial charge on any atom is -0.497 e. The molecule has 0 fully saturated rings. The van der Waals surface area contributed by atoms with Gasteiger partial charge >= 0.3 is 0 Å². The highest BCUT2D eigenvalue weighted by molar-refractivity contribution is 5.60. The number of hydrogen-bond donors (Lipinski definition) is 2. The molecular weight excluding hydrogens is 228 g/mol. The number of nitrogens with zero attached hydrogens (tertiary/aromatic N) is 1. The number of ether oxygens (including phenoxy) is 1. The van der Waals surface area contributed by atoms with Gasteiger partial charge in [-0.2, -0.15) is 5.26 Å². The minimum absolute atomic E-state index is 0.414. The Morgan fingerprint density at radius 3 is 2.72 bits per heavy atom. The molecule has 2 N–H and O–H groups in total. The molecule has 0 aliphatic carbocycles. The SMILES string of the molecule is COc1ccc(C#N)c(NCC(O)CC(C)C)c1. The van der Waals surface area contributed by atoms with E-state index >= 15 is 0 Å². The maximum absolute atomic E-state index is 9.79. The third kappa shape index (κ3) is 4.27. The van der Waals surface area contributed by atoms with Gasteiger partial charge in [0.25, 0.3) is 0 Å². The second kappa shape index (κ2) is 6.87. The molecule has 0 saturated carbocycles. The van der Waals surface area contributed by atoms with Crippen LogP contribution in [0.25, 0.3) is 0 Å². The summed E-state index contributed by atoms with van der Waals surface area (Å²) in [6.45, 7) is 4.56. The van der Waals surface area contributed by atoms with Crippen LogP contribution in [-0.4, -0.2) is 24.9 Å². The molecular formula is C14H20N2O2. The van der Waals surface area contributed by atoms with Gasteiger partial charge in [-0.3, -0.25) is 0 Å². The van der Waals surface area contributed by atoms with Crippen molar-refractivity contribution in [2.45, 2.75) is 26.4 Å². The molecule has 1 rings (SSSR count). The van der Waals surface area contributed by atoms with Crippen LogP contribution in [0.15, 0.2) is 18.2 Å². The molecule has 0 aliphatic rings. The number of benzene rings is 1. The predicted octanol–water partition coefficient (Wildman–Crippen LogP) is 2.39. The minimum atomic E-state index is -0.414. The summed E-state index contributed by atoms with van der Waals surface area (Å²) in [5, 5.41) is 21.9. The van der Waals surface area contributed by atoms with E-state index in [2.05, 4.69) is 25.2 Å². The van der Waals surface area contributed by atoms with Crippen LogP contribution in [0.3, 0.4) is 0 Å². The Hall–Kier alpha value is -1.73. The first kappa shape index (κ1) is 14.3. The van der Waals surface area contributed by atoms with Gasteiger partial charge in [0.15, 0.2) is 0 Å². The summed E-state index contributed by atoms with van der Waals surface area (Å²) >= 11 is 0. The molecule has 0 aliphatic heterocycles. The van der Waals surface area contributed by atoms with Gasteiger partial charge in [-0.25, -0.2) is 0 Å². The predicted molar refractivity (Wildman–Crippen MR) is 71.7 cm³/mol. The Morgan fingerprint density at radius 2 is 2.17 bits per heavy atom. The first-order chi connectivity index (χ1) is 8.56. The van der Waals surface area contributed by atoms with Gasteiger partial charge in [0.2, 0.25) is 0 Å². The van der Waals surface area contributed by atoms with Crippen LogP contribution in [0, 0.1) is 17.2 Å². The van der Waals surface area contributed by atoms with Crippen molar-refractivity contribution in [2.75, 3.05) is 19.0 Å². The van der Waals surface area contributed by atoms with E-state index in [1.54, 1.807) is 25.3 Å². The van der Waals surface area contributed by atoms with E-state index in [0.717, 1.165) is 6.42 Å². The zero-order valence-corrected chi connectivity index (χ0v) is 11.1. The van der Waals surface area contributed by atoms with Gasteiger partial charge in [-0.1, -0.05) is 13.8 Å². The third-order valence-corrected chi connectivity index (χ3v) is 2.62. The van der Waals surface area contributed by atoms with E-state index in [1.165, 1.54) is 0 Å². The van der Waals surface area contributed by atoms with Crippen molar-refractivity contribution in [1.82, 2.24) is 0 Å². The van der Waals surface area contributed by atoms with Gasteiger partial charge in [-0.05, 0) is 24.5 Å². The van der Waals surface area contributed by atoms with Crippen molar-refractivity contribution in [1.29, 1.82) is 5.26 Å². The Balaban J connectivity index is 2.68. The smallest absolute Gasteiger partial charge is 0.121 e. The van der Waals surface area contributed by atoms with Crippen LogP contribution < -0.4 is 10.1 Å². The lowest BCUT2D eigenvalue weighted by molar-refractivity contribution is 0.161. The lowest BCUT2D eigenvalue weighted by Crippen LogP contribution is -2.21. The molecule has 0 saturated heterocycles. The summed E-state index contributed by atoms with van der Waals surface area (Å²) in [4.78, 5) is 0. The molecule has 98 valence electrons. The van der Waals surface area contributed by atoms with E-state index in [-0.39, 0.29) is 0 Å². The topological polar surface area (TPSA) is 65.3 Å². The lowest BCUT2D eigenvalue weighted by Gasteiger charge is -2.15. The summed E-state index contributed by atoms with van der Waals surface area (Å²) in [7, 11) is 1.58. The van der Waals surface area contributed by atoms with Crippen molar-refractivity contribution in [3.63, 3.8) is 0 Å². The maximum atomic E-state index is 9.79. The monoisotopic (exact) mass is 248 g/mol. The van der Waals surface area contributed by atoms with Gasteiger partial charge in [-0.15, -0.1) is 0 Å². The first-order valence-electron chi connectivity index (χ1n) is 6.07. The Kier molecular flexibility index (Phi) is 5.47. The fourth-order valence-corrected chi connectivity index (χ4v) is 1.75. The highest BCUT2D eigenvalue weighted by atomic mass is 16.5. The molecule has 0 heterocycles. The molecule has 4 nitrogen and oxygen atoms in total. The number of nitrogens with one attached hydrogen (secondary N) is 1. The molecule has 0 spiro atoms. The Morgan fingerprint density at radius 1 is 1.44 bits per heavy atom. The first-order valence-corrected chi connectivity index (χ1v) is 6.07. The van der Waals surface area contributed by atoms with Crippen LogP contribution in [-0.2, 0) is 0 Å².